The van der Waals surface area contributed by atoms with E-state index < -0.39 is 12.1 Å². The number of amides is 1. The van der Waals surface area contributed by atoms with E-state index in [9.17, 15) is 9.59 Å². The van der Waals surface area contributed by atoms with Crippen molar-refractivity contribution in [2.75, 3.05) is 6.54 Å². The number of hydrogen-bond acceptors (Lipinski definition) is 6. The van der Waals surface area contributed by atoms with E-state index in [1.165, 1.54) is 0 Å². The number of aliphatic carboxylic acids is 1. The van der Waals surface area contributed by atoms with Crippen LogP contribution in [0, 0.1) is 6.92 Å². The molecule has 0 aromatic carbocycles. The quantitative estimate of drug-likeness (QED) is 0.639. The maximum Gasteiger partial charge on any atom is 0.332 e. The van der Waals surface area contributed by atoms with Crippen LogP contribution in [0.15, 0.2) is 0 Å². The minimum Gasteiger partial charge on any atom is -0.479 e. The Hall–Kier alpha value is -1.54. The van der Waals surface area contributed by atoms with Gasteiger partial charge in [-0.25, -0.2) is 4.79 Å². The van der Waals surface area contributed by atoms with Crippen LogP contribution in [0.2, 0.25) is 0 Å². The fourth-order valence-electron chi connectivity index (χ4n) is 0.966. The number of aryl methyl sites for hydroxylation is 1. The van der Waals surface area contributed by atoms with Gasteiger partial charge in [0.25, 0.3) is 5.91 Å². The summed E-state index contributed by atoms with van der Waals surface area (Å²) in [5.74, 6) is -1.66. The Morgan fingerprint density at radius 1 is 1.56 bits per heavy atom. The molecule has 0 saturated heterocycles. The minimum atomic E-state index is -1.46. The number of aromatic nitrogens is 2. The molecule has 1 aromatic heterocycles. The highest BCUT2D eigenvalue weighted by molar-refractivity contribution is 7.07. The Bertz CT molecular complexity index is 392. The molecule has 0 saturated carbocycles. The third-order valence-corrected chi connectivity index (χ3v) is 2.67. The number of carboxylic acid groups (broad SMARTS) is 1. The summed E-state index contributed by atoms with van der Waals surface area (Å²) in [5.41, 5.74) is 0.529. The van der Waals surface area contributed by atoms with Gasteiger partial charge in [0.2, 0.25) is 0 Å². The van der Waals surface area contributed by atoms with Gasteiger partial charge in [-0.15, -0.1) is 5.10 Å². The van der Waals surface area contributed by atoms with E-state index in [0.29, 0.717) is 10.6 Å². The number of hydrogen-bond donors (Lipinski definition) is 3. The zero-order chi connectivity index (χ0) is 12.1. The number of aliphatic hydroxyl groups excluding tert-OH is 1. The lowest BCUT2D eigenvalue weighted by molar-refractivity contribution is -0.146. The Morgan fingerprint density at radius 3 is 2.75 bits per heavy atom. The first-order valence-electron chi connectivity index (χ1n) is 4.50. The van der Waals surface area contributed by atoms with Crippen molar-refractivity contribution < 1.29 is 19.8 Å². The lowest BCUT2D eigenvalue weighted by Gasteiger charge is -2.06. The van der Waals surface area contributed by atoms with Crippen LogP contribution in [0.5, 0.6) is 0 Å². The molecule has 0 spiro atoms. The highest BCUT2D eigenvalue weighted by atomic mass is 32.1. The number of carbonyl (C=O) groups is 2. The second-order valence-corrected chi connectivity index (χ2v) is 3.84. The second-order valence-electron chi connectivity index (χ2n) is 3.09. The predicted octanol–water partition coefficient (Wildman–Crippen LogP) is -0.588. The van der Waals surface area contributed by atoms with Gasteiger partial charge in [0.15, 0.2) is 6.10 Å². The van der Waals surface area contributed by atoms with Gasteiger partial charge in [-0.3, -0.25) is 4.79 Å². The van der Waals surface area contributed by atoms with Gasteiger partial charge in [-0.2, -0.15) is 0 Å². The van der Waals surface area contributed by atoms with E-state index in [1.807, 2.05) is 0 Å². The number of rotatable bonds is 5. The van der Waals surface area contributed by atoms with Gasteiger partial charge in [0, 0.05) is 13.0 Å². The summed E-state index contributed by atoms with van der Waals surface area (Å²) in [4.78, 5) is 22.1. The Balaban J connectivity index is 2.37. The summed E-state index contributed by atoms with van der Waals surface area (Å²) < 4.78 is 3.60. The van der Waals surface area contributed by atoms with Gasteiger partial charge in [0.05, 0.1) is 5.69 Å². The van der Waals surface area contributed by atoms with Gasteiger partial charge < -0.3 is 15.5 Å². The summed E-state index contributed by atoms with van der Waals surface area (Å²) >= 11 is 0.971. The lowest BCUT2D eigenvalue weighted by atomic mass is 10.2. The summed E-state index contributed by atoms with van der Waals surface area (Å²) in [6, 6.07) is 0. The summed E-state index contributed by atoms with van der Waals surface area (Å²) in [6.45, 7) is 1.74. The van der Waals surface area contributed by atoms with E-state index in [0.717, 1.165) is 11.5 Å². The van der Waals surface area contributed by atoms with Crippen LogP contribution in [-0.2, 0) is 4.79 Å². The van der Waals surface area contributed by atoms with Crippen LogP contribution in [0.25, 0.3) is 0 Å². The Labute approximate surface area is 95.3 Å². The largest absolute Gasteiger partial charge is 0.479 e. The molecule has 7 nitrogen and oxygen atoms in total. The van der Waals surface area contributed by atoms with Crippen molar-refractivity contribution in [2.24, 2.45) is 0 Å². The lowest BCUT2D eigenvalue weighted by Crippen LogP contribution is -2.29. The van der Waals surface area contributed by atoms with E-state index in [2.05, 4.69) is 14.9 Å². The highest BCUT2D eigenvalue weighted by Gasteiger charge is 2.15. The molecule has 0 bridgehead atoms. The van der Waals surface area contributed by atoms with Crippen LogP contribution in [0.4, 0.5) is 0 Å². The molecule has 1 unspecified atom stereocenters. The Kier molecular flexibility index (Phi) is 4.32. The van der Waals surface area contributed by atoms with E-state index in [4.69, 9.17) is 10.2 Å². The fourth-order valence-corrected chi connectivity index (χ4v) is 1.54. The molecule has 3 N–H and O–H groups in total. The molecule has 8 heteroatoms. The molecule has 0 aliphatic heterocycles. The number of carbonyl (C=O) groups excluding carboxylic acids is 1. The third kappa shape index (κ3) is 3.24. The SMILES string of the molecule is Cc1nnsc1C(=O)NCCC(O)C(=O)O. The fraction of sp³-hybridized carbons (Fsp3) is 0.500. The predicted molar refractivity (Wildman–Crippen MR) is 55.2 cm³/mol. The standard InChI is InChI=1S/C8H11N3O4S/c1-4-6(16-11-10-4)7(13)9-3-2-5(12)8(14)15/h5,12H,2-3H2,1H3,(H,9,13)(H,14,15). The number of nitrogens with zero attached hydrogens (tertiary/aromatic N) is 2. The van der Waals surface area contributed by atoms with Crippen molar-refractivity contribution >= 4 is 23.4 Å². The first-order valence-corrected chi connectivity index (χ1v) is 5.27. The van der Waals surface area contributed by atoms with Crippen molar-refractivity contribution in [1.82, 2.24) is 14.9 Å². The van der Waals surface area contributed by atoms with Crippen molar-refractivity contribution in [3.05, 3.63) is 10.6 Å². The molecule has 1 amide bonds. The van der Waals surface area contributed by atoms with E-state index >= 15 is 0 Å². The van der Waals surface area contributed by atoms with Gasteiger partial charge in [-0.05, 0) is 18.5 Å². The van der Waals surface area contributed by atoms with Crippen LogP contribution in [0.1, 0.15) is 21.8 Å². The van der Waals surface area contributed by atoms with Crippen LogP contribution >= 0.6 is 11.5 Å². The second kappa shape index (κ2) is 5.52. The molecule has 1 heterocycles. The average Bonchev–Trinajstić information content (AvgIpc) is 2.64. The number of carboxylic acids is 1. The van der Waals surface area contributed by atoms with Crippen molar-refractivity contribution in [3.8, 4) is 0 Å². The number of aliphatic hydroxyl groups is 1. The average molecular weight is 245 g/mol. The van der Waals surface area contributed by atoms with Crippen molar-refractivity contribution in [1.29, 1.82) is 0 Å². The summed E-state index contributed by atoms with van der Waals surface area (Å²) in [6.07, 6.45) is -1.49. The van der Waals surface area contributed by atoms with Crippen LogP contribution in [-0.4, -0.2) is 44.3 Å². The zero-order valence-electron chi connectivity index (χ0n) is 8.51. The summed E-state index contributed by atoms with van der Waals surface area (Å²) in [5, 5.41) is 23.5. The van der Waals surface area contributed by atoms with E-state index in [1.54, 1.807) is 6.92 Å². The normalized spacial score (nSPS) is 12.1. The Morgan fingerprint density at radius 2 is 2.25 bits per heavy atom. The monoisotopic (exact) mass is 245 g/mol. The molecule has 1 rings (SSSR count). The van der Waals surface area contributed by atoms with Gasteiger partial charge in [-0.1, -0.05) is 4.49 Å². The third-order valence-electron chi connectivity index (χ3n) is 1.85. The first kappa shape index (κ1) is 12.5. The molecule has 1 atom stereocenters. The smallest absolute Gasteiger partial charge is 0.332 e. The van der Waals surface area contributed by atoms with E-state index in [-0.39, 0.29) is 18.9 Å². The molecule has 1 aromatic rings. The van der Waals surface area contributed by atoms with Gasteiger partial charge in [0.1, 0.15) is 4.88 Å². The molecule has 0 aliphatic carbocycles. The zero-order valence-corrected chi connectivity index (χ0v) is 9.32. The minimum absolute atomic E-state index is 0.0354. The molecular weight excluding hydrogens is 234 g/mol. The van der Waals surface area contributed by atoms with Crippen LogP contribution in [0.3, 0.4) is 0 Å². The highest BCUT2D eigenvalue weighted by Crippen LogP contribution is 2.08. The summed E-state index contributed by atoms with van der Waals surface area (Å²) in [7, 11) is 0. The van der Waals surface area contributed by atoms with Crippen molar-refractivity contribution in [3.63, 3.8) is 0 Å². The first-order chi connectivity index (χ1) is 7.52. The van der Waals surface area contributed by atoms with Gasteiger partial charge >= 0.3 is 5.97 Å². The maximum atomic E-state index is 11.5. The molecule has 0 fully saturated rings. The molecule has 0 aliphatic rings. The molecule has 16 heavy (non-hydrogen) atoms. The van der Waals surface area contributed by atoms with Crippen LogP contribution < -0.4 is 5.32 Å². The topological polar surface area (TPSA) is 112 Å². The number of nitrogens with one attached hydrogen (secondary N) is 1. The molecule has 0 radical (unpaired) electrons. The molecular formula is C8H11N3O4S. The maximum absolute atomic E-state index is 11.5. The molecule has 88 valence electrons. The van der Waals surface area contributed by atoms with Crippen molar-refractivity contribution in [2.45, 2.75) is 19.4 Å².